The van der Waals surface area contributed by atoms with Crippen molar-refractivity contribution in [3.8, 4) is 0 Å². The van der Waals surface area contributed by atoms with Gasteiger partial charge in [-0.15, -0.1) is 0 Å². The van der Waals surface area contributed by atoms with E-state index in [-0.39, 0.29) is 12.4 Å². The zero-order valence-corrected chi connectivity index (χ0v) is 8.63. The van der Waals surface area contributed by atoms with Crippen LogP contribution in [0.25, 0.3) is 0 Å². The molecule has 4 nitrogen and oxygen atoms in total. The Kier molecular flexibility index (Phi) is 5.66. The lowest BCUT2D eigenvalue weighted by atomic mass is 9.94. The maximum absolute atomic E-state index is 11.1. The lowest BCUT2D eigenvalue weighted by Gasteiger charge is -2.25. The van der Waals surface area contributed by atoms with Crippen molar-refractivity contribution in [3.63, 3.8) is 0 Å². The molecule has 0 aromatic heterocycles. The molecule has 13 heavy (non-hydrogen) atoms. The average molecular weight is 189 g/mol. The lowest BCUT2D eigenvalue weighted by Crippen LogP contribution is -2.45. The fourth-order valence-electron chi connectivity index (χ4n) is 1.07. The maximum Gasteiger partial charge on any atom is 0.307 e. The molecule has 1 atom stereocenters. The van der Waals surface area contributed by atoms with Gasteiger partial charge in [-0.1, -0.05) is 6.92 Å². The van der Waals surface area contributed by atoms with E-state index in [2.05, 4.69) is 0 Å². The summed E-state index contributed by atoms with van der Waals surface area (Å²) in [5, 5.41) is 0. The highest BCUT2D eigenvalue weighted by atomic mass is 16.5. The number of nitrogens with two attached hydrogens (primary N) is 1. The Bertz CT molecular complexity index is 161. The average Bonchev–Trinajstić information content (AvgIpc) is 2.05. The first-order chi connectivity index (χ1) is 6.08. The smallest absolute Gasteiger partial charge is 0.307 e. The Balaban J connectivity index is 4.02. The summed E-state index contributed by atoms with van der Waals surface area (Å²) in [6, 6.07) is 0. The minimum Gasteiger partial charge on any atom is -0.466 e. The number of esters is 1. The van der Waals surface area contributed by atoms with E-state index < -0.39 is 5.54 Å². The number of carbonyl (C=O) groups excluding carboxylic acids is 1. The molecule has 0 spiro atoms. The standard InChI is InChI=1S/C9H19NO3/c1-4-9(10,7-12-3)6-8(11)13-5-2/h4-7,10H2,1-3H3. The van der Waals surface area contributed by atoms with Gasteiger partial charge < -0.3 is 15.2 Å². The first-order valence-electron chi connectivity index (χ1n) is 4.51. The van der Waals surface area contributed by atoms with Crippen LogP contribution in [0.1, 0.15) is 26.7 Å². The quantitative estimate of drug-likeness (QED) is 0.624. The van der Waals surface area contributed by atoms with Crippen molar-refractivity contribution < 1.29 is 14.3 Å². The van der Waals surface area contributed by atoms with Crippen LogP contribution in [0.3, 0.4) is 0 Å². The van der Waals surface area contributed by atoms with Crippen LogP contribution < -0.4 is 5.73 Å². The third-order valence-electron chi connectivity index (χ3n) is 1.94. The van der Waals surface area contributed by atoms with Gasteiger partial charge in [-0.05, 0) is 13.3 Å². The minimum absolute atomic E-state index is 0.213. The van der Waals surface area contributed by atoms with Crippen LogP contribution in [-0.2, 0) is 14.3 Å². The topological polar surface area (TPSA) is 61.5 Å². The zero-order chi connectivity index (χ0) is 10.3. The number of hydrogen-bond acceptors (Lipinski definition) is 4. The van der Waals surface area contributed by atoms with E-state index in [4.69, 9.17) is 15.2 Å². The van der Waals surface area contributed by atoms with Gasteiger partial charge in [-0.25, -0.2) is 0 Å². The molecule has 0 fully saturated rings. The molecule has 0 radical (unpaired) electrons. The predicted octanol–water partition coefficient (Wildman–Crippen LogP) is 0.694. The van der Waals surface area contributed by atoms with Crippen LogP contribution in [0.4, 0.5) is 0 Å². The van der Waals surface area contributed by atoms with Gasteiger partial charge in [0.25, 0.3) is 0 Å². The van der Waals surface area contributed by atoms with Crippen LogP contribution in [-0.4, -0.2) is 31.8 Å². The van der Waals surface area contributed by atoms with E-state index >= 15 is 0 Å². The van der Waals surface area contributed by atoms with Crippen molar-refractivity contribution in [1.29, 1.82) is 0 Å². The van der Waals surface area contributed by atoms with E-state index in [1.807, 2.05) is 6.92 Å². The summed E-state index contributed by atoms with van der Waals surface area (Å²) in [4.78, 5) is 11.1. The molecular formula is C9H19NO3. The van der Waals surface area contributed by atoms with Crippen LogP contribution >= 0.6 is 0 Å². The summed E-state index contributed by atoms with van der Waals surface area (Å²) in [5.41, 5.74) is 5.33. The number of carbonyl (C=O) groups is 1. The molecule has 0 heterocycles. The van der Waals surface area contributed by atoms with Crippen LogP contribution in [0.5, 0.6) is 0 Å². The molecule has 78 valence electrons. The summed E-state index contributed by atoms with van der Waals surface area (Å²) in [7, 11) is 1.57. The molecule has 0 aromatic carbocycles. The van der Waals surface area contributed by atoms with Crippen LogP contribution in [0.15, 0.2) is 0 Å². The van der Waals surface area contributed by atoms with Gasteiger partial charge in [-0.3, -0.25) is 4.79 Å². The Morgan fingerprint density at radius 2 is 2.08 bits per heavy atom. The normalized spacial score (nSPS) is 15.1. The summed E-state index contributed by atoms with van der Waals surface area (Å²) < 4.78 is 9.76. The largest absolute Gasteiger partial charge is 0.466 e. The molecule has 0 rings (SSSR count). The fraction of sp³-hybridized carbons (Fsp3) is 0.889. The van der Waals surface area contributed by atoms with Crippen molar-refractivity contribution in [3.05, 3.63) is 0 Å². The van der Waals surface area contributed by atoms with Gasteiger partial charge in [0.15, 0.2) is 0 Å². The SMILES string of the molecule is CCOC(=O)CC(N)(CC)COC. The van der Waals surface area contributed by atoms with E-state index in [0.29, 0.717) is 19.6 Å². The number of ether oxygens (including phenoxy) is 2. The molecule has 0 aliphatic rings. The maximum atomic E-state index is 11.1. The highest BCUT2D eigenvalue weighted by molar-refractivity contribution is 5.70. The number of methoxy groups -OCH3 is 1. The Morgan fingerprint density at radius 3 is 2.46 bits per heavy atom. The van der Waals surface area contributed by atoms with E-state index in [1.54, 1.807) is 14.0 Å². The van der Waals surface area contributed by atoms with Crippen molar-refractivity contribution >= 4 is 5.97 Å². The second-order valence-electron chi connectivity index (χ2n) is 3.13. The molecule has 4 heteroatoms. The highest BCUT2D eigenvalue weighted by Crippen LogP contribution is 2.12. The monoisotopic (exact) mass is 189 g/mol. The third-order valence-corrected chi connectivity index (χ3v) is 1.94. The van der Waals surface area contributed by atoms with Gasteiger partial charge in [-0.2, -0.15) is 0 Å². The molecule has 0 aliphatic carbocycles. The van der Waals surface area contributed by atoms with Crippen molar-refractivity contribution in [1.82, 2.24) is 0 Å². The van der Waals surface area contributed by atoms with Crippen molar-refractivity contribution in [2.45, 2.75) is 32.2 Å². The van der Waals surface area contributed by atoms with E-state index in [0.717, 1.165) is 0 Å². The second kappa shape index (κ2) is 5.94. The fourth-order valence-corrected chi connectivity index (χ4v) is 1.07. The summed E-state index contributed by atoms with van der Waals surface area (Å²) in [5.74, 6) is -0.260. The second-order valence-corrected chi connectivity index (χ2v) is 3.13. The predicted molar refractivity (Wildman–Crippen MR) is 50.3 cm³/mol. The van der Waals surface area contributed by atoms with Crippen molar-refractivity contribution in [2.24, 2.45) is 5.73 Å². The summed E-state index contributed by atoms with van der Waals surface area (Å²) >= 11 is 0. The van der Waals surface area contributed by atoms with E-state index in [1.165, 1.54) is 0 Å². The first kappa shape index (κ1) is 12.4. The number of hydrogen-bond donors (Lipinski definition) is 1. The molecule has 0 amide bonds. The summed E-state index contributed by atoms with van der Waals surface area (Å²) in [6.45, 7) is 4.48. The highest BCUT2D eigenvalue weighted by Gasteiger charge is 2.26. The zero-order valence-electron chi connectivity index (χ0n) is 8.63. The Labute approximate surface area is 79.4 Å². The van der Waals surface area contributed by atoms with Gasteiger partial charge in [0.2, 0.25) is 0 Å². The molecule has 1 unspecified atom stereocenters. The van der Waals surface area contributed by atoms with Gasteiger partial charge >= 0.3 is 5.97 Å². The molecule has 0 saturated carbocycles. The Hall–Kier alpha value is -0.610. The molecular weight excluding hydrogens is 170 g/mol. The summed E-state index contributed by atoms with van der Waals surface area (Å²) in [6.07, 6.45) is 0.908. The molecule has 0 aliphatic heterocycles. The van der Waals surface area contributed by atoms with Crippen LogP contribution in [0.2, 0.25) is 0 Å². The Morgan fingerprint density at radius 1 is 1.46 bits per heavy atom. The molecule has 0 aromatic rings. The first-order valence-corrected chi connectivity index (χ1v) is 4.51. The molecule has 2 N–H and O–H groups in total. The van der Waals surface area contributed by atoms with Crippen LogP contribution in [0, 0.1) is 0 Å². The van der Waals surface area contributed by atoms with E-state index in [9.17, 15) is 4.79 Å². The van der Waals surface area contributed by atoms with Crippen molar-refractivity contribution in [2.75, 3.05) is 20.3 Å². The van der Waals surface area contributed by atoms with Gasteiger partial charge in [0.1, 0.15) is 0 Å². The van der Waals surface area contributed by atoms with Gasteiger partial charge in [0.05, 0.1) is 19.6 Å². The lowest BCUT2D eigenvalue weighted by molar-refractivity contribution is -0.145. The molecule has 0 saturated heterocycles. The van der Waals surface area contributed by atoms with Gasteiger partial charge in [0, 0.05) is 12.6 Å². The minimum atomic E-state index is -0.582. The number of rotatable bonds is 6. The molecule has 0 bridgehead atoms. The third kappa shape index (κ3) is 4.85.